The molecule has 2 N–H and O–H groups in total. The molecule has 0 saturated heterocycles. The third-order valence-electron chi connectivity index (χ3n) is 3.32. The average molecular weight is 251 g/mol. The smallest absolute Gasteiger partial charge is 0.0992 e. The van der Waals surface area contributed by atoms with Crippen molar-refractivity contribution in [1.82, 2.24) is 4.98 Å². The molecule has 2 aromatic rings. The van der Waals surface area contributed by atoms with Crippen LogP contribution < -0.4 is 5.32 Å². The van der Waals surface area contributed by atoms with Crippen molar-refractivity contribution in [1.29, 1.82) is 5.26 Å². The molecule has 3 heteroatoms. The number of nitrogens with zero attached hydrogens (tertiary/aromatic N) is 1. The zero-order chi connectivity index (χ0) is 14.0. The molecule has 0 amide bonds. The van der Waals surface area contributed by atoms with Gasteiger partial charge >= 0.3 is 0 Å². The quantitative estimate of drug-likeness (QED) is 0.640. The van der Waals surface area contributed by atoms with E-state index >= 15 is 0 Å². The van der Waals surface area contributed by atoms with Gasteiger partial charge in [-0.2, -0.15) is 5.26 Å². The zero-order valence-electron chi connectivity index (χ0n) is 11.3. The number of aryl methyl sites for hydroxylation is 1. The number of nitrogens with one attached hydrogen (secondary N) is 2. The number of anilines is 1. The summed E-state index contributed by atoms with van der Waals surface area (Å²) in [6.45, 7) is 9.73. The van der Waals surface area contributed by atoms with Crippen LogP contribution in [-0.4, -0.2) is 12.0 Å². The SMILES string of the molecule is C=C(C#N)C(=C)c1cc2cc(NC)c(CC)cc2[nH]1. The van der Waals surface area contributed by atoms with Crippen molar-refractivity contribution in [2.24, 2.45) is 0 Å². The minimum absolute atomic E-state index is 0.385. The third-order valence-corrected chi connectivity index (χ3v) is 3.32. The van der Waals surface area contributed by atoms with E-state index in [1.807, 2.05) is 19.2 Å². The monoisotopic (exact) mass is 251 g/mol. The molecular formula is C16H17N3. The van der Waals surface area contributed by atoms with Gasteiger partial charge in [-0.1, -0.05) is 20.1 Å². The van der Waals surface area contributed by atoms with E-state index in [0.717, 1.165) is 28.7 Å². The summed E-state index contributed by atoms with van der Waals surface area (Å²) < 4.78 is 0. The van der Waals surface area contributed by atoms with E-state index in [1.54, 1.807) is 0 Å². The van der Waals surface area contributed by atoms with Crippen LogP contribution in [0.4, 0.5) is 5.69 Å². The second-order valence-corrected chi connectivity index (χ2v) is 4.45. The van der Waals surface area contributed by atoms with E-state index in [-0.39, 0.29) is 0 Å². The Kier molecular flexibility index (Phi) is 3.43. The van der Waals surface area contributed by atoms with E-state index < -0.39 is 0 Å². The van der Waals surface area contributed by atoms with Gasteiger partial charge in [-0.25, -0.2) is 0 Å². The number of benzene rings is 1. The average Bonchev–Trinajstić information content (AvgIpc) is 2.86. The van der Waals surface area contributed by atoms with Gasteiger partial charge in [0.1, 0.15) is 0 Å². The molecule has 0 atom stereocenters. The summed E-state index contributed by atoms with van der Waals surface area (Å²) in [7, 11) is 1.92. The van der Waals surface area contributed by atoms with Crippen molar-refractivity contribution in [3.8, 4) is 6.07 Å². The molecule has 96 valence electrons. The highest BCUT2D eigenvalue weighted by atomic mass is 14.8. The van der Waals surface area contributed by atoms with Gasteiger partial charge in [0.05, 0.1) is 11.6 Å². The molecule has 0 radical (unpaired) electrons. The predicted molar refractivity (Wildman–Crippen MR) is 81.0 cm³/mol. The summed E-state index contributed by atoms with van der Waals surface area (Å²) in [5, 5.41) is 13.2. The molecule has 0 fully saturated rings. The summed E-state index contributed by atoms with van der Waals surface area (Å²) in [5.74, 6) is 0. The number of H-pyrrole nitrogens is 1. The predicted octanol–water partition coefficient (Wildman–Crippen LogP) is 3.86. The van der Waals surface area contributed by atoms with Gasteiger partial charge in [0.2, 0.25) is 0 Å². The summed E-state index contributed by atoms with van der Waals surface area (Å²) >= 11 is 0. The van der Waals surface area contributed by atoms with Crippen LogP contribution in [0.1, 0.15) is 18.2 Å². The van der Waals surface area contributed by atoms with Crippen LogP contribution in [0, 0.1) is 11.3 Å². The van der Waals surface area contributed by atoms with E-state index in [1.165, 1.54) is 5.56 Å². The van der Waals surface area contributed by atoms with Gasteiger partial charge in [-0.15, -0.1) is 0 Å². The molecule has 0 aliphatic rings. The molecule has 1 aromatic heterocycles. The maximum Gasteiger partial charge on any atom is 0.0992 e. The molecule has 3 nitrogen and oxygen atoms in total. The number of nitriles is 1. The fraction of sp³-hybridized carbons (Fsp3) is 0.188. The molecule has 0 saturated carbocycles. The maximum absolute atomic E-state index is 8.87. The highest BCUT2D eigenvalue weighted by molar-refractivity contribution is 5.91. The normalized spacial score (nSPS) is 10.2. The first-order valence-corrected chi connectivity index (χ1v) is 6.22. The first-order valence-electron chi connectivity index (χ1n) is 6.22. The van der Waals surface area contributed by atoms with Gasteiger partial charge < -0.3 is 10.3 Å². The highest BCUT2D eigenvalue weighted by Crippen LogP contribution is 2.28. The Hall–Kier alpha value is -2.47. The second-order valence-electron chi connectivity index (χ2n) is 4.45. The fourth-order valence-corrected chi connectivity index (χ4v) is 2.14. The summed E-state index contributed by atoms with van der Waals surface area (Å²) in [6, 6.07) is 8.27. The molecule has 0 aliphatic heterocycles. The van der Waals surface area contributed by atoms with Crippen molar-refractivity contribution in [2.45, 2.75) is 13.3 Å². The lowest BCUT2D eigenvalue weighted by Crippen LogP contribution is -1.93. The molecular weight excluding hydrogens is 234 g/mol. The lowest BCUT2D eigenvalue weighted by molar-refractivity contribution is 1.14. The Morgan fingerprint density at radius 3 is 2.68 bits per heavy atom. The lowest BCUT2D eigenvalue weighted by atomic mass is 10.1. The Morgan fingerprint density at radius 2 is 2.11 bits per heavy atom. The summed E-state index contributed by atoms with van der Waals surface area (Å²) in [6.07, 6.45) is 0.965. The van der Waals surface area contributed by atoms with Crippen molar-refractivity contribution in [3.63, 3.8) is 0 Å². The minimum Gasteiger partial charge on any atom is -0.388 e. The van der Waals surface area contributed by atoms with Crippen molar-refractivity contribution in [3.05, 3.63) is 48.2 Å². The van der Waals surface area contributed by atoms with E-state index in [2.05, 4.69) is 42.5 Å². The number of hydrogen-bond donors (Lipinski definition) is 2. The number of fused-ring (bicyclic) bond motifs is 1. The summed E-state index contributed by atoms with van der Waals surface area (Å²) in [5.41, 5.74) is 5.31. The van der Waals surface area contributed by atoms with Crippen LogP contribution >= 0.6 is 0 Å². The Bertz CT molecular complexity index is 658. The molecule has 0 spiro atoms. The third kappa shape index (κ3) is 2.25. The van der Waals surface area contributed by atoms with Gasteiger partial charge in [-0.05, 0) is 30.2 Å². The molecule has 0 aliphatic carbocycles. The van der Waals surface area contributed by atoms with Crippen molar-refractivity contribution >= 4 is 22.2 Å². The van der Waals surface area contributed by atoms with E-state index in [9.17, 15) is 0 Å². The van der Waals surface area contributed by atoms with Crippen LogP contribution in [0.3, 0.4) is 0 Å². The molecule has 19 heavy (non-hydrogen) atoms. The molecule has 1 heterocycles. The fourth-order valence-electron chi connectivity index (χ4n) is 2.14. The number of allylic oxidation sites excluding steroid dienone is 2. The Balaban J connectivity index is 2.55. The van der Waals surface area contributed by atoms with Crippen LogP contribution in [0.25, 0.3) is 16.5 Å². The van der Waals surface area contributed by atoms with Crippen LogP contribution in [0.5, 0.6) is 0 Å². The van der Waals surface area contributed by atoms with Gasteiger partial charge in [-0.3, -0.25) is 0 Å². The topological polar surface area (TPSA) is 51.6 Å². The van der Waals surface area contributed by atoms with E-state index in [0.29, 0.717) is 11.1 Å². The van der Waals surface area contributed by atoms with Gasteiger partial charge in [0.25, 0.3) is 0 Å². The zero-order valence-corrected chi connectivity index (χ0v) is 11.3. The highest BCUT2D eigenvalue weighted by Gasteiger charge is 2.09. The number of aromatic amines is 1. The largest absolute Gasteiger partial charge is 0.388 e. The van der Waals surface area contributed by atoms with Crippen molar-refractivity contribution in [2.75, 3.05) is 12.4 Å². The number of rotatable bonds is 4. The van der Waals surface area contributed by atoms with Crippen LogP contribution in [-0.2, 0) is 6.42 Å². The lowest BCUT2D eigenvalue weighted by Gasteiger charge is -2.06. The van der Waals surface area contributed by atoms with Gasteiger partial charge in [0, 0.05) is 34.9 Å². The molecule has 0 bridgehead atoms. The van der Waals surface area contributed by atoms with E-state index in [4.69, 9.17) is 5.26 Å². The summed E-state index contributed by atoms with van der Waals surface area (Å²) in [4.78, 5) is 3.30. The Labute approximate surface area is 113 Å². The Morgan fingerprint density at radius 1 is 1.37 bits per heavy atom. The van der Waals surface area contributed by atoms with Gasteiger partial charge in [0.15, 0.2) is 0 Å². The minimum atomic E-state index is 0.385. The first-order chi connectivity index (χ1) is 9.10. The first kappa shape index (κ1) is 13.0. The maximum atomic E-state index is 8.87. The second kappa shape index (κ2) is 5.03. The van der Waals surface area contributed by atoms with Crippen LogP contribution in [0.2, 0.25) is 0 Å². The standard InChI is InChI=1S/C16H17N3/c1-5-12-6-16-13(8-15(12)18-4)7-14(19-16)11(3)10(2)9-17/h6-8,18-19H,2-3,5H2,1,4H3. The number of hydrogen-bond acceptors (Lipinski definition) is 2. The van der Waals surface area contributed by atoms with Crippen LogP contribution in [0.15, 0.2) is 36.9 Å². The molecule has 0 unspecified atom stereocenters. The van der Waals surface area contributed by atoms with Crippen molar-refractivity contribution < 1.29 is 0 Å². The molecule has 2 rings (SSSR count). The number of aromatic nitrogens is 1. The molecule has 1 aromatic carbocycles.